The predicted octanol–water partition coefficient (Wildman–Crippen LogP) is 5.59. The Labute approximate surface area is 164 Å². The van der Waals surface area contributed by atoms with E-state index in [9.17, 15) is 79.4 Å². The van der Waals surface area contributed by atoms with Crippen LogP contribution in [0, 0.1) is 0 Å². The number of aliphatic hydroxyl groups is 1. The third-order valence-corrected chi connectivity index (χ3v) is 3.07. The van der Waals surface area contributed by atoms with Crippen LogP contribution in [-0.4, -0.2) is 64.0 Å². The Bertz CT molecular complexity index is 641. The van der Waals surface area contributed by atoms with Gasteiger partial charge in [-0.3, -0.25) is 0 Å². The van der Waals surface area contributed by atoms with Crippen LogP contribution in [0.2, 0.25) is 0 Å². The first-order valence-electron chi connectivity index (χ1n) is 6.72. The van der Waals surface area contributed by atoms with Crippen LogP contribution in [0.5, 0.6) is 0 Å². The second kappa shape index (κ2) is 8.40. The summed E-state index contributed by atoms with van der Waals surface area (Å²) < 4.78 is 210. The minimum atomic E-state index is -8.67. The van der Waals surface area contributed by atoms with Crippen molar-refractivity contribution in [2.24, 2.45) is 0 Å². The van der Waals surface area contributed by atoms with E-state index in [1.165, 1.54) is 6.92 Å². The summed E-state index contributed by atoms with van der Waals surface area (Å²) in [4.78, 5) is 9.60. The highest BCUT2D eigenvalue weighted by Crippen LogP contribution is 2.63. The average molecular weight is 522 g/mol. The van der Waals surface area contributed by atoms with Crippen LogP contribution in [0.4, 0.5) is 74.6 Å². The third kappa shape index (κ3) is 4.82. The fourth-order valence-corrected chi connectivity index (χ4v) is 1.16. The maximum atomic E-state index is 12.8. The van der Waals surface area contributed by atoms with Gasteiger partial charge in [0.2, 0.25) is 0 Å². The fraction of sp³-hybridized carbons (Fsp3) is 0.750. The first-order chi connectivity index (χ1) is 13.4. The Kier molecular flexibility index (Phi) is 8.44. The molecule has 0 aromatic carbocycles. The van der Waals surface area contributed by atoms with E-state index in [1.54, 1.807) is 0 Å². The topological polar surface area (TPSA) is 57.5 Å². The van der Waals surface area contributed by atoms with Crippen molar-refractivity contribution in [2.45, 2.75) is 54.7 Å². The van der Waals surface area contributed by atoms with E-state index in [0.717, 1.165) is 0 Å². The average Bonchev–Trinajstić information content (AvgIpc) is 2.52. The third-order valence-electron chi connectivity index (χ3n) is 3.07. The molecule has 0 aliphatic rings. The van der Waals surface area contributed by atoms with Crippen LogP contribution in [0.25, 0.3) is 0 Å². The maximum absolute atomic E-state index is 12.8. The highest BCUT2D eigenvalue weighted by molar-refractivity contribution is 5.84. The summed E-state index contributed by atoms with van der Waals surface area (Å²) >= 11 is 0. The normalized spacial score (nSPS) is 15.1. The van der Waals surface area contributed by atoms with E-state index in [0.29, 0.717) is 0 Å². The lowest BCUT2D eigenvalue weighted by Crippen LogP contribution is -2.74. The van der Waals surface area contributed by atoms with Crippen molar-refractivity contribution in [1.29, 1.82) is 0 Å². The fourth-order valence-electron chi connectivity index (χ4n) is 1.16. The molecule has 192 valence electrons. The molecule has 0 aliphatic heterocycles. The number of carbonyl (C=O) groups is 1. The zero-order valence-electron chi connectivity index (χ0n) is 14.4. The molecule has 0 saturated heterocycles. The van der Waals surface area contributed by atoms with Crippen LogP contribution >= 0.6 is 0 Å². The summed E-state index contributed by atoms with van der Waals surface area (Å²) in [6.45, 7) is 4.60. The van der Waals surface area contributed by atoms with Crippen molar-refractivity contribution >= 4 is 5.97 Å². The zero-order valence-corrected chi connectivity index (χ0v) is 14.4. The molecule has 0 aromatic rings. The molecule has 0 rings (SSSR count). The summed E-state index contributed by atoms with van der Waals surface area (Å²) in [6.07, 6.45) is -15.1. The number of halogens is 17. The zero-order chi connectivity index (χ0) is 27.2. The molecule has 32 heavy (non-hydrogen) atoms. The molecule has 0 aromatic heterocycles. The molecular formula is C12H7F17O3. The van der Waals surface area contributed by atoms with Crippen molar-refractivity contribution in [3.05, 3.63) is 12.2 Å². The molecule has 20 heteroatoms. The largest absolute Gasteiger partial charge is 0.478 e. The van der Waals surface area contributed by atoms with Crippen LogP contribution < -0.4 is 0 Å². The standard InChI is InChI=1S/C8HF17O.C4H6O2/c9-1(10,3(13,14)5(17,18)7(21,22)23)2(11,12)4(15,16)6(19,20)8(24,25)26;1-3(2)4(5)6/h26H;1H2,2H3,(H,5,6). The quantitative estimate of drug-likeness (QED) is 0.339. The van der Waals surface area contributed by atoms with Gasteiger partial charge in [-0.05, 0) is 6.92 Å². The molecule has 0 atom stereocenters. The van der Waals surface area contributed by atoms with Gasteiger partial charge in [-0.1, -0.05) is 6.58 Å². The molecule has 0 saturated carbocycles. The van der Waals surface area contributed by atoms with Crippen LogP contribution in [0.1, 0.15) is 6.92 Å². The Morgan fingerprint density at radius 1 is 0.562 bits per heavy atom. The van der Waals surface area contributed by atoms with Crippen molar-refractivity contribution in [1.82, 2.24) is 0 Å². The van der Waals surface area contributed by atoms with E-state index in [1.807, 2.05) is 0 Å². The first-order valence-corrected chi connectivity index (χ1v) is 6.72. The molecule has 2 N–H and O–H groups in total. The number of alkyl halides is 17. The van der Waals surface area contributed by atoms with Gasteiger partial charge in [0.05, 0.1) is 0 Å². The summed E-state index contributed by atoms with van der Waals surface area (Å²) in [6, 6.07) is 0. The maximum Gasteiger partial charge on any atom is 0.460 e. The summed E-state index contributed by atoms with van der Waals surface area (Å²) in [5.74, 6) is -51.4. The van der Waals surface area contributed by atoms with Gasteiger partial charge in [0.25, 0.3) is 0 Å². The number of hydrogen-bond donors (Lipinski definition) is 2. The lowest BCUT2D eigenvalue weighted by atomic mass is 9.91. The van der Waals surface area contributed by atoms with E-state index in [-0.39, 0.29) is 5.57 Å². The number of carboxylic acid groups (broad SMARTS) is 1. The van der Waals surface area contributed by atoms with Crippen molar-refractivity contribution in [3.63, 3.8) is 0 Å². The first kappa shape index (κ1) is 32.2. The van der Waals surface area contributed by atoms with E-state index >= 15 is 0 Å². The molecule has 0 radical (unpaired) electrons. The molecular weight excluding hydrogens is 515 g/mol. The van der Waals surface area contributed by atoms with Gasteiger partial charge in [-0.25, -0.2) is 4.79 Å². The molecule has 0 spiro atoms. The van der Waals surface area contributed by atoms with Crippen molar-refractivity contribution < 1.29 is 89.6 Å². The second-order valence-corrected chi connectivity index (χ2v) is 5.57. The van der Waals surface area contributed by atoms with Crippen LogP contribution in [0.3, 0.4) is 0 Å². The molecule has 0 fully saturated rings. The molecule has 0 unspecified atom stereocenters. The summed E-state index contributed by atoms with van der Waals surface area (Å²) in [7, 11) is 0. The van der Waals surface area contributed by atoms with Crippen LogP contribution in [-0.2, 0) is 4.79 Å². The van der Waals surface area contributed by atoms with Gasteiger partial charge in [0, 0.05) is 5.57 Å². The van der Waals surface area contributed by atoms with Gasteiger partial charge in [0.15, 0.2) is 0 Å². The Morgan fingerprint density at radius 2 is 0.750 bits per heavy atom. The van der Waals surface area contributed by atoms with Crippen LogP contribution in [0.15, 0.2) is 12.2 Å². The second-order valence-electron chi connectivity index (χ2n) is 5.57. The smallest absolute Gasteiger partial charge is 0.460 e. The van der Waals surface area contributed by atoms with E-state index in [4.69, 9.17) is 10.2 Å². The highest BCUT2D eigenvalue weighted by Gasteiger charge is 2.95. The minimum absolute atomic E-state index is 0.176. The number of carboxylic acids is 1. The number of rotatable bonds is 7. The molecule has 0 heterocycles. The van der Waals surface area contributed by atoms with E-state index in [2.05, 4.69) is 6.58 Å². The Morgan fingerprint density at radius 3 is 0.906 bits per heavy atom. The van der Waals surface area contributed by atoms with Gasteiger partial charge in [0.1, 0.15) is 0 Å². The number of hydrogen-bond acceptors (Lipinski definition) is 2. The minimum Gasteiger partial charge on any atom is -0.478 e. The summed E-state index contributed by atoms with van der Waals surface area (Å²) in [5, 5.41) is 15.2. The number of aliphatic carboxylic acids is 1. The predicted molar refractivity (Wildman–Crippen MR) is 65.4 cm³/mol. The SMILES string of the molecule is C=C(C)C(=O)O.OC(F)(F)C(F)(F)C(F)(F)C(F)(F)C(F)(F)C(F)(F)C(F)(F)C(F)(F)F. The van der Waals surface area contributed by atoms with E-state index < -0.39 is 53.8 Å². The molecule has 0 bridgehead atoms. The monoisotopic (exact) mass is 522 g/mol. The highest BCUT2D eigenvalue weighted by atomic mass is 19.4. The molecule has 0 amide bonds. The summed E-state index contributed by atoms with van der Waals surface area (Å²) in [5.41, 5.74) is 0.176. The van der Waals surface area contributed by atoms with Gasteiger partial charge < -0.3 is 10.2 Å². The molecule has 0 aliphatic carbocycles. The van der Waals surface area contributed by atoms with Gasteiger partial charge in [-0.15, -0.1) is 0 Å². The lowest BCUT2D eigenvalue weighted by molar-refractivity contribution is -0.474. The Hall–Kier alpha value is -2.02. The van der Waals surface area contributed by atoms with Crippen molar-refractivity contribution in [3.8, 4) is 0 Å². The van der Waals surface area contributed by atoms with Crippen molar-refractivity contribution in [2.75, 3.05) is 0 Å². The Balaban J connectivity index is 0. The van der Waals surface area contributed by atoms with Gasteiger partial charge >= 0.3 is 53.8 Å². The lowest BCUT2D eigenvalue weighted by Gasteiger charge is -2.41. The van der Waals surface area contributed by atoms with Gasteiger partial charge in [-0.2, -0.15) is 74.6 Å². The molecule has 3 nitrogen and oxygen atoms in total.